The fourth-order valence-electron chi connectivity index (χ4n) is 0.510. The highest BCUT2D eigenvalue weighted by Gasteiger charge is 1.94. The van der Waals surface area contributed by atoms with Gasteiger partial charge in [0.25, 0.3) is 0 Å². The third kappa shape index (κ3) is 30.4. The van der Waals surface area contributed by atoms with Gasteiger partial charge in [-0.2, -0.15) is 0 Å². The van der Waals surface area contributed by atoms with Crippen LogP contribution in [-0.2, 0) is 9.53 Å². The van der Waals surface area contributed by atoms with E-state index in [1.165, 1.54) is 12.8 Å². The number of carbonyl (C=O) groups is 1. The molecule has 5 nitrogen and oxygen atoms in total. The van der Waals surface area contributed by atoms with Gasteiger partial charge in [0.05, 0.1) is 0 Å². The van der Waals surface area contributed by atoms with Crippen LogP contribution < -0.4 is 0 Å². The molecule has 0 atom stereocenters. The minimum absolute atomic E-state index is 0.833. The van der Waals surface area contributed by atoms with Gasteiger partial charge in [-0.15, -0.1) is 0 Å². The first-order valence-electron chi connectivity index (χ1n) is 4.10. The molecule has 0 radical (unpaired) electrons. The zero-order valence-electron chi connectivity index (χ0n) is 8.77. The molecule has 14 heavy (non-hydrogen) atoms. The maximum absolute atomic E-state index is 9.25. The Balaban J connectivity index is -0.000000128. The molecule has 1 rings (SSSR count). The number of hydrogen-bond acceptors (Lipinski definition) is 4. The van der Waals surface area contributed by atoms with Crippen molar-refractivity contribution < 1.29 is 24.9 Å². The molecule has 0 aromatic heterocycles. The van der Waals surface area contributed by atoms with Crippen molar-refractivity contribution in [1.29, 1.82) is 0 Å². The molecule has 0 bridgehead atoms. The average Bonchev–Trinajstić information content (AvgIpc) is 2.82. The Bertz CT molecular complexity index is 102. The number of ether oxygens (including phenoxy) is 1. The molecule has 3 N–H and O–H groups in total. The van der Waals surface area contributed by atoms with Crippen molar-refractivity contribution in [3.8, 4) is 0 Å². The van der Waals surface area contributed by atoms with Crippen LogP contribution in [0.1, 0.15) is 12.8 Å². The Labute approximate surface area is 84.6 Å². The monoisotopic (exact) mass is 208 g/mol. The lowest BCUT2D eigenvalue weighted by atomic mass is 10.4. The van der Waals surface area contributed by atoms with E-state index in [4.69, 9.17) is 20.1 Å². The Hall–Kier alpha value is -0.910. The van der Waals surface area contributed by atoms with Crippen molar-refractivity contribution in [2.45, 2.75) is 12.8 Å². The second-order valence-electron chi connectivity index (χ2n) is 1.86. The van der Waals surface area contributed by atoms with Crippen molar-refractivity contribution in [2.75, 3.05) is 27.4 Å². The van der Waals surface area contributed by atoms with Crippen molar-refractivity contribution in [1.82, 2.24) is 0 Å². The highest BCUT2D eigenvalue weighted by atomic mass is 16.5. The lowest BCUT2D eigenvalue weighted by Crippen LogP contribution is -1.82. The molecule has 0 aliphatic carbocycles. The Morgan fingerprint density at radius 3 is 1.57 bits per heavy atom. The normalized spacial score (nSPS) is 11.7. The maximum Gasteiger partial charge on any atom is 0.327 e. The van der Waals surface area contributed by atoms with Crippen molar-refractivity contribution in [2.24, 2.45) is 0 Å². The Kier molecular flexibility index (Phi) is 30.5. The second kappa shape index (κ2) is 22.7. The van der Waals surface area contributed by atoms with Gasteiger partial charge in [-0.25, -0.2) is 4.79 Å². The predicted octanol–water partition coefficient (Wildman–Crippen LogP) is 0.271. The molecule has 1 aliphatic rings. The summed E-state index contributed by atoms with van der Waals surface area (Å²) in [6.45, 7) is 4.96. The van der Waals surface area contributed by atoms with E-state index in [9.17, 15) is 4.79 Å². The van der Waals surface area contributed by atoms with Crippen LogP contribution in [0.2, 0.25) is 0 Å². The molecule has 0 aromatic carbocycles. The molecule has 1 saturated heterocycles. The summed E-state index contributed by atoms with van der Waals surface area (Å²) in [5.41, 5.74) is 0. The number of carboxylic acid groups (broad SMARTS) is 1. The summed E-state index contributed by atoms with van der Waals surface area (Å²) >= 11 is 0. The van der Waals surface area contributed by atoms with Gasteiger partial charge >= 0.3 is 5.97 Å². The molecule has 1 aliphatic heterocycles. The van der Waals surface area contributed by atoms with Crippen LogP contribution in [-0.4, -0.2) is 48.7 Å². The molecule has 86 valence electrons. The number of carboxylic acids is 1. The topological polar surface area (TPSA) is 87.0 Å². The fraction of sp³-hybridized carbons (Fsp3) is 0.667. The van der Waals surface area contributed by atoms with E-state index in [0.29, 0.717) is 0 Å². The molecule has 0 spiro atoms. The second-order valence-corrected chi connectivity index (χ2v) is 1.86. The SMILES string of the molecule is C1CCOC1.C=CC(=O)O.CO.CO. The van der Waals surface area contributed by atoms with Crippen LogP contribution in [0.4, 0.5) is 0 Å². The van der Waals surface area contributed by atoms with E-state index in [-0.39, 0.29) is 0 Å². The lowest BCUT2D eigenvalue weighted by molar-refractivity contribution is -0.131. The van der Waals surface area contributed by atoms with Crippen LogP contribution in [0.25, 0.3) is 0 Å². The van der Waals surface area contributed by atoms with E-state index in [0.717, 1.165) is 33.5 Å². The molecular formula is C9H20O5. The third-order valence-electron chi connectivity index (χ3n) is 1.00. The third-order valence-corrected chi connectivity index (χ3v) is 1.00. The minimum Gasteiger partial charge on any atom is -0.478 e. The zero-order chi connectivity index (χ0) is 11.8. The van der Waals surface area contributed by atoms with Gasteiger partial charge in [-0.1, -0.05) is 6.58 Å². The minimum atomic E-state index is -0.981. The summed E-state index contributed by atoms with van der Waals surface area (Å²) in [6, 6.07) is 0. The molecule has 0 aromatic rings. The number of aliphatic hydroxyl groups excluding tert-OH is 2. The molecular weight excluding hydrogens is 188 g/mol. The van der Waals surface area contributed by atoms with Gasteiger partial charge in [0.1, 0.15) is 0 Å². The number of rotatable bonds is 1. The fourth-order valence-corrected chi connectivity index (χ4v) is 0.510. The van der Waals surface area contributed by atoms with Gasteiger partial charge in [0, 0.05) is 33.5 Å². The van der Waals surface area contributed by atoms with Gasteiger partial charge in [-0.05, 0) is 12.8 Å². The van der Waals surface area contributed by atoms with Crippen LogP contribution in [0.5, 0.6) is 0 Å². The van der Waals surface area contributed by atoms with Crippen LogP contribution in [0, 0.1) is 0 Å². The number of hydrogen-bond donors (Lipinski definition) is 3. The van der Waals surface area contributed by atoms with Gasteiger partial charge in [-0.3, -0.25) is 0 Å². The summed E-state index contributed by atoms with van der Waals surface area (Å²) in [7, 11) is 2.00. The molecule has 0 unspecified atom stereocenters. The van der Waals surface area contributed by atoms with Gasteiger partial charge in [0.15, 0.2) is 0 Å². The van der Waals surface area contributed by atoms with Crippen molar-refractivity contribution in [3.05, 3.63) is 12.7 Å². The van der Waals surface area contributed by atoms with Gasteiger partial charge in [0.2, 0.25) is 0 Å². The molecule has 5 heteroatoms. The Morgan fingerprint density at radius 2 is 1.50 bits per heavy atom. The van der Waals surface area contributed by atoms with Crippen LogP contribution >= 0.6 is 0 Å². The van der Waals surface area contributed by atoms with Crippen molar-refractivity contribution >= 4 is 5.97 Å². The standard InChI is InChI=1S/C4H8O.C3H4O2.2CH4O/c1-2-4-5-3-1;1-2-3(4)5;2*1-2/h1-4H2;2H,1H2,(H,4,5);2*2H,1H3. The maximum atomic E-state index is 9.25. The largest absolute Gasteiger partial charge is 0.478 e. The van der Waals surface area contributed by atoms with E-state index < -0.39 is 5.97 Å². The Morgan fingerprint density at radius 1 is 1.21 bits per heavy atom. The average molecular weight is 208 g/mol. The first-order valence-corrected chi connectivity index (χ1v) is 4.10. The quantitative estimate of drug-likeness (QED) is 0.538. The lowest BCUT2D eigenvalue weighted by Gasteiger charge is -1.76. The smallest absolute Gasteiger partial charge is 0.327 e. The molecule has 1 fully saturated rings. The van der Waals surface area contributed by atoms with E-state index in [1.807, 2.05) is 0 Å². The number of aliphatic carboxylic acids is 1. The van der Waals surface area contributed by atoms with Crippen molar-refractivity contribution in [3.63, 3.8) is 0 Å². The summed E-state index contributed by atoms with van der Waals surface area (Å²) in [4.78, 5) is 9.25. The molecule has 0 amide bonds. The predicted molar refractivity (Wildman–Crippen MR) is 54.2 cm³/mol. The summed E-state index contributed by atoms with van der Waals surface area (Å²) in [6.07, 6.45) is 3.39. The highest BCUT2D eigenvalue weighted by Crippen LogP contribution is 1.98. The van der Waals surface area contributed by atoms with E-state index in [2.05, 4.69) is 6.58 Å². The molecule has 1 heterocycles. The van der Waals surface area contributed by atoms with E-state index in [1.54, 1.807) is 0 Å². The summed E-state index contributed by atoms with van der Waals surface area (Å²) in [5.74, 6) is -0.981. The molecule has 0 saturated carbocycles. The van der Waals surface area contributed by atoms with Crippen LogP contribution in [0.15, 0.2) is 12.7 Å². The summed E-state index contributed by atoms with van der Waals surface area (Å²) in [5, 5.41) is 21.6. The van der Waals surface area contributed by atoms with Crippen LogP contribution in [0.3, 0.4) is 0 Å². The highest BCUT2D eigenvalue weighted by molar-refractivity contribution is 5.78. The summed E-state index contributed by atoms with van der Waals surface area (Å²) < 4.78 is 4.94. The van der Waals surface area contributed by atoms with E-state index >= 15 is 0 Å². The first-order chi connectivity index (χ1) is 6.77. The van der Waals surface area contributed by atoms with Gasteiger partial charge < -0.3 is 20.1 Å². The zero-order valence-corrected chi connectivity index (χ0v) is 8.77. The first kappa shape index (κ1) is 18.8. The number of aliphatic hydroxyl groups is 2.